The average Bonchev–Trinajstić information content (AvgIpc) is 2.86. The van der Waals surface area contributed by atoms with E-state index in [0.29, 0.717) is 26.2 Å². The van der Waals surface area contributed by atoms with Crippen molar-refractivity contribution >= 4 is 10.4 Å². The molecule has 2 aliphatic rings. The molecule has 0 saturated carbocycles. The molecule has 0 aromatic heterocycles. The van der Waals surface area contributed by atoms with E-state index < -0.39 is 22.8 Å². The van der Waals surface area contributed by atoms with Crippen molar-refractivity contribution in [3.05, 3.63) is 48.6 Å². The zero-order valence-corrected chi connectivity index (χ0v) is 23.3. The van der Waals surface area contributed by atoms with Crippen LogP contribution in [0.1, 0.15) is 52.5 Å². The maximum Gasteiger partial charge on any atom is 0.397 e. The minimum absolute atomic E-state index is 0.0321. The summed E-state index contributed by atoms with van der Waals surface area (Å²) in [6.07, 6.45) is 3.07. The van der Waals surface area contributed by atoms with Gasteiger partial charge in [-0.2, -0.15) is 8.42 Å². The Kier molecular flexibility index (Phi) is 11.6. The summed E-state index contributed by atoms with van der Waals surface area (Å²) in [5, 5.41) is 0. The van der Waals surface area contributed by atoms with Crippen molar-refractivity contribution in [2.45, 2.75) is 78.2 Å². The van der Waals surface area contributed by atoms with Crippen LogP contribution in [0.4, 0.5) is 0 Å². The van der Waals surface area contributed by atoms with Crippen LogP contribution in [-0.4, -0.2) is 57.4 Å². The summed E-state index contributed by atoms with van der Waals surface area (Å²) in [4.78, 5) is 0. The van der Waals surface area contributed by atoms with Gasteiger partial charge in [0.2, 0.25) is 0 Å². The number of hydrogen-bond donors (Lipinski definition) is 1. The Morgan fingerprint density at radius 1 is 1.05 bits per heavy atom. The predicted molar refractivity (Wildman–Crippen MR) is 141 cm³/mol. The third-order valence-corrected chi connectivity index (χ3v) is 8.40. The summed E-state index contributed by atoms with van der Waals surface area (Å²) < 4.78 is 61.7. The van der Waals surface area contributed by atoms with Crippen LogP contribution < -0.4 is 0 Å². The van der Waals surface area contributed by atoms with E-state index >= 15 is 0 Å². The van der Waals surface area contributed by atoms with Gasteiger partial charge in [0.25, 0.3) is 0 Å². The van der Waals surface area contributed by atoms with Gasteiger partial charge in [-0.05, 0) is 36.7 Å². The fourth-order valence-electron chi connectivity index (χ4n) is 5.56. The normalized spacial score (nSPS) is 34.8. The number of ether oxygens (including phenoxy) is 4. The Labute approximate surface area is 222 Å². The molecule has 0 bridgehead atoms. The van der Waals surface area contributed by atoms with Gasteiger partial charge in [0.1, 0.15) is 0 Å². The van der Waals surface area contributed by atoms with Crippen LogP contribution in [0.25, 0.3) is 0 Å². The van der Waals surface area contributed by atoms with Gasteiger partial charge in [-0.25, -0.2) is 4.18 Å². The second kappa shape index (κ2) is 14.2. The first-order valence-corrected chi connectivity index (χ1v) is 14.7. The van der Waals surface area contributed by atoms with Crippen LogP contribution in [0.2, 0.25) is 0 Å². The molecule has 9 heteroatoms. The van der Waals surface area contributed by atoms with Crippen LogP contribution >= 0.6 is 0 Å². The summed E-state index contributed by atoms with van der Waals surface area (Å²) in [5.74, 6) is 0.554. The van der Waals surface area contributed by atoms with Gasteiger partial charge in [-0.1, -0.05) is 64.1 Å². The van der Waals surface area contributed by atoms with Crippen molar-refractivity contribution in [3.8, 4) is 0 Å². The number of rotatable bonds is 13. The number of allylic oxidation sites excluding steroid dienone is 1. The van der Waals surface area contributed by atoms with Gasteiger partial charge in [-0.3, -0.25) is 4.55 Å². The molecule has 8 nitrogen and oxygen atoms in total. The van der Waals surface area contributed by atoms with Gasteiger partial charge in [0, 0.05) is 17.8 Å². The largest absolute Gasteiger partial charge is 0.397 e. The van der Waals surface area contributed by atoms with Crippen LogP contribution in [0.15, 0.2) is 43.0 Å². The molecule has 210 valence electrons. The van der Waals surface area contributed by atoms with Crippen LogP contribution in [0.5, 0.6) is 0 Å². The maximum atomic E-state index is 11.4. The highest BCUT2D eigenvalue weighted by Crippen LogP contribution is 2.41. The molecule has 2 fully saturated rings. The van der Waals surface area contributed by atoms with Crippen molar-refractivity contribution in [1.82, 2.24) is 0 Å². The summed E-state index contributed by atoms with van der Waals surface area (Å²) in [7, 11) is -4.60. The van der Waals surface area contributed by atoms with Crippen molar-refractivity contribution in [2.24, 2.45) is 29.6 Å². The van der Waals surface area contributed by atoms with Crippen LogP contribution in [-0.2, 0) is 40.1 Å². The van der Waals surface area contributed by atoms with E-state index in [1.807, 2.05) is 24.3 Å². The molecule has 0 spiro atoms. The second-order valence-electron chi connectivity index (χ2n) is 10.6. The summed E-state index contributed by atoms with van der Waals surface area (Å²) in [6.45, 7) is 13.6. The van der Waals surface area contributed by atoms with Gasteiger partial charge in [-0.15, -0.1) is 6.58 Å². The lowest BCUT2D eigenvalue weighted by Crippen LogP contribution is -2.52. The molecular weight excluding hydrogens is 496 g/mol. The number of unbranched alkanes of at least 4 members (excludes halogenated alkanes) is 1. The molecule has 0 aliphatic carbocycles. The minimum atomic E-state index is -4.60. The van der Waals surface area contributed by atoms with E-state index in [1.165, 1.54) is 0 Å². The molecule has 2 aliphatic heterocycles. The fourth-order valence-corrected chi connectivity index (χ4v) is 5.87. The zero-order valence-electron chi connectivity index (χ0n) is 22.5. The molecule has 3 unspecified atom stereocenters. The fraction of sp³-hybridized carbons (Fsp3) is 0.714. The van der Waals surface area contributed by atoms with Gasteiger partial charge < -0.3 is 18.9 Å². The molecular formula is C28H44O8S. The SMILES string of the molecule is C=CCCCO[C@@H]1OC(COS(=O)(=O)O)[C@@H](C[C@@H]2OC[C@@H](C)[C@@H](OCc3ccccc3)C2C)[C@H](C)C1C. The van der Waals surface area contributed by atoms with Crippen molar-refractivity contribution < 1.29 is 36.1 Å². The lowest BCUT2D eigenvalue weighted by Gasteiger charge is -2.47. The quantitative estimate of drug-likeness (QED) is 0.211. The molecule has 0 radical (unpaired) electrons. The Morgan fingerprint density at radius 3 is 2.46 bits per heavy atom. The highest BCUT2D eigenvalue weighted by Gasteiger charge is 2.46. The van der Waals surface area contributed by atoms with E-state index in [1.54, 1.807) is 0 Å². The van der Waals surface area contributed by atoms with Crippen molar-refractivity contribution in [2.75, 3.05) is 19.8 Å². The third kappa shape index (κ3) is 8.85. The second-order valence-corrected chi connectivity index (χ2v) is 11.7. The summed E-state index contributed by atoms with van der Waals surface area (Å²) in [6, 6.07) is 10.1. The molecule has 3 rings (SSSR count). The highest BCUT2D eigenvalue weighted by atomic mass is 32.3. The van der Waals surface area contributed by atoms with E-state index in [-0.39, 0.29) is 48.4 Å². The molecule has 9 atom stereocenters. The smallest absolute Gasteiger partial charge is 0.377 e. The maximum absolute atomic E-state index is 11.4. The third-order valence-electron chi connectivity index (χ3n) is 7.96. The van der Waals surface area contributed by atoms with Gasteiger partial charge in [0.15, 0.2) is 6.29 Å². The topological polar surface area (TPSA) is 101 Å². The standard InChI is InChI=1S/C28H44O8S/c1-6-7-11-14-32-28-21(4)20(3)24(26(36-28)18-35-37(29,30)31)15-25-22(5)27(19(2)16-33-25)34-17-23-12-9-8-10-13-23/h6,8-10,12-13,19-22,24-28H,1,7,11,14-18H2,2-5H3,(H,29,30,31)/t19-,20-,21?,22?,24+,25+,26?,27-,28-/m1/s1. The van der Waals surface area contributed by atoms with E-state index in [0.717, 1.165) is 18.4 Å². The zero-order chi connectivity index (χ0) is 27.0. The first-order valence-electron chi connectivity index (χ1n) is 13.4. The molecule has 37 heavy (non-hydrogen) atoms. The highest BCUT2D eigenvalue weighted by molar-refractivity contribution is 7.80. The molecule has 2 heterocycles. The van der Waals surface area contributed by atoms with Crippen molar-refractivity contribution in [3.63, 3.8) is 0 Å². The molecule has 1 aromatic carbocycles. The molecule has 0 amide bonds. The first kappa shape index (κ1) is 30.2. The van der Waals surface area contributed by atoms with E-state index in [2.05, 4.69) is 46.4 Å². The molecule has 1 aromatic rings. The molecule has 2 saturated heterocycles. The van der Waals surface area contributed by atoms with Crippen LogP contribution in [0.3, 0.4) is 0 Å². The monoisotopic (exact) mass is 540 g/mol. The van der Waals surface area contributed by atoms with Gasteiger partial charge >= 0.3 is 10.4 Å². The van der Waals surface area contributed by atoms with Crippen LogP contribution in [0, 0.1) is 29.6 Å². The lowest BCUT2D eigenvalue weighted by atomic mass is 9.72. The predicted octanol–water partition coefficient (Wildman–Crippen LogP) is 5.05. The Bertz CT molecular complexity index is 923. The number of hydrogen-bond acceptors (Lipinski definition) is 7. The van der Waals surface area contributed by atoms with Crippen molar-refractivity contribution in [1.29, 1.82) is 0 Å². The Balaban J connectivity index is 1.69. The number of benzene rings is 1. The first-order chi connectivity index (χ1) is 17.6. The van der Waals surface area contributed by atoms with E-state index in [9.17, 15) is 13.0 Å². The lowest BCUT2D eigenvalue weighted by molar-refractivity contribution is -0.261. The van der Waals surface area contributed by atoms with E-state index in [4.69, 9.17) is 23.1 Å². The summed E-state index contributed by atoms with van der Waals surface area (Å²) in [5.41, 5.74) is 1.13. The Hall–Kier alpha value is -1.33. The van der Waals surface area contributed by atoms with Gasteiger partial charge in [0.05, 0.1) is 44.7 Å². The molecule has 1 N–H and O–H groups in total. The average molecular weight is 541 g/mol. The Morgan fingerprint density at radius 2 is 1.78 bits per heavy atom. The minimum Gasteiger partial charge on any atom is -0.377 e. The summed E-state index contributed by atoms with van der Waals surface area (Å²) >= 11 is 0.